The van der Waals surface area contributed by atoms with Gasteiger partial charge in [0.15, 0.2) is 12.4 Å². The van der Waals surface area contributed by atoms with Crippen LogP contribution in [-0.4, -0.2) is 28.6 Å². The lowest BCUT2D eigenvalue weighted by Crippen LogP contribution is -2.14. The highest BCUT2D eigenvalue weighted by Gasteiger charge is 2.15. The fourth-order valence-electron chi connectivity index (χ4n) is 2.46. The van der Waals surface area contributed by atoms with Crippen molar-refractivity contribution in [3.63, 3.8) is 0 Å². The second-order valence-corrected chi connectivity index (χ2v) is 5.64. The van der Waals surface area contributed by atoms with Gasteiger partial charge in [-0.05, 0) is 23.3 Å². The first-order valence-electron chi connectivity index (χ1n) is 7.92. The number of phenolic OH excluding ortho intramolecular Hbond substituents is 2. The van der Waals surface area contributed by atoms with E-state index in [0.29, 0.717) is 5.56 Å². The molecule has 0 aliphatic rings. The first kappa shape index (κ1) is 17.2. The highest BCUT2D eigenvalue weighted by atomic mass is 16.5. The standard InChI is InChI=1S/C21H16O5/c22-17-10-11-18(19(23)12-17)21(25)26-13-20(24)16-8-6-15(7-9-16)14-4-2-1-3-5-14/h1-12,22-23H,13H2. The topological polar surface area (TPSA) is 83.8 Å². The minimum Gasteiger partial charge on any atom is -0.508 e. The van der Waals surface area contributed by atoms with Gasteiger partial charge >= 0.3 is 5.97 Å². The van der Waals surface area contributed by atoms with E-state index in [0.717, 1.165) is 17.2 Å². The lowest BCUT2D eigenvalue weighted by atomic mass is 10.0. The number of Topliss-reactive ketones (excluding diaryl/α,β-unsaturated/α-hetero) is 1. The van der Waals surface area contributed by atoms with E-state index in [9.17, 15) is 19.8 Å². The fourth-order valence-corrected chi connectivity index (χ4v) is 2.46. The molecule has 0 saturated carbocycles. The number of esters is 1. The molecule has 0 aliphatic heterocycles. The summed E-state index contributed by atoms with van der Waals surface area (Å²) in [6.45, 7) is -0.441. The monoisotopic (exact) mass is 348 g/mol. The minimum absolute atomic E-state index is 0.116. The molecule has 130 valence electrons. The first-order chi connectivity index (χ1) is 12.5. The van der Waals surface area contributed by atoms with Gasteiger partial charge in [-0.15, -0.1) is 0 Å². The van der Waals surface area contributed by atoms with Crippen LogP contribution in [0.5, 0.6) is 11.5 Å². The summed E-state index contributed by atoms with van der Waals surface area (Å²) in [5.74, 6) is -1.77. The second-order valence-electron chi connectivity index (χ2n) is 5.64. The van der Waals surface area contributed by atoms with Gasteiger partial charge in [-0.25, -0.2) is 4.79 Å². The van der Waals surface area contributed by atoms with Crippen molar-refractivity contribution in [2.45, 2.75) is 0 Å². The molecule has 2 N–H and O–H groups in total. The third-order valence-corrected chi connectivity index (χ3v) is 3.85. The van der Waals surface area contributed by atoms with Gasteiger partial charge in [0.25, 0.3) is 0 Å². The number of phenols is 2. The molecule has 3 aromatic carbocycles. The van der Waals surface area contributed by atoms with Crippen LogP contribution in [0.25, 0.3) is 11.1 Å². The Hall–Kier alpha value is -3.60. The van der Waals surface area contributed by atoms with E-state index in [1.54, 1.807) is 12.1 Å². The molecular formula is C21H16O5. The Balaban J connectivity index is 1.64. The van der Waals surface area contributed by atoms with Crippen molar-refractivity contribution in [2.75, 3.05) is 6.61 Å². The highest BCUT2D eigenvalue weighted by molar-refractivity contribution is 6.00. The van der Waals surface area contributed by atoms with Crippen molar-refractivity contribution in [1.82, 2.24) is 0 Å². The summed E-state index contributed by atoms with van der Waals surface area (Å²) < 4.78 is 4.95. The van der Waals surface area contributed by atoms with Gasteiger partial charge in [-0.1, -0.05) is 54.6 Å². The molecule has 5 nitrogen and oxygen atoms in total. The molecule has 0 saturated heterocycles. The molecule has 0 aromatic heterocycles. The maximum absolute atomic E-state index is 12.2. The zero-order valence-electron chi connectivity index (χ0n) is 13.8. The maximum atomic E-state index is 12.2. The van der Waals surface area contributed by atoms with E-state index in [4.69, 9.17) is 4.74 Å². The molecule has 0 aliphatic carbocycles. The van der Waals surface area contributed by atoms with Gasteiger partial charge in [0, 0.05) is 11.6 Å². The van der Waals surface area contributed by atoms with Gasteiger partial charge in [0.2, 0.25) is 0 Å². The zero-order chi connectivity index (χ0) is 18.5. The predicted octanol–water partition coefficient (Wildman–Crippen LogP) is 3.80. The van der Waals surface area contributed by atoms with Crippen LogP contribution in [-0.2, 0) is 4.74 Å². The normalized spacial score (nSPS) is 10.3. The first-order valence-corrected chi connectivity index (χ1v) is 7.92. The second kappa shape index (κ2) is 7.53. The molecule has 0 spiro atoms. The van der Waals surface area contributed by atoms with E-state index in [1.807, 2.05) is 42.5 Å². The van der Waals surface area contributed by atoms with Gasteiger partial charge in [-0.3, -0.25) is 4.79 Å². The maximum Gasteiger partial charge on any atom is 0.342 e. The molecule has 0 heterocycles. The van der Waals surface area contributed by atoms with Crippen molar-refractivity contribution >= 4 is 11.8 Å². The molecule has 0 atom stereocenters. The van der Waals surface area contributed by atoms with Crippen molar-refractivity contribution in [2.24, 2.45) is 0 Å². The zero-order valence-corrected chi connectivity index (χ0v) is 13.8. The Morgan fingerprint density at radius 2 is 1.46 bits per heavy atom. The third-order valence-electron chi connectivity index (χ3n) is 3.85. The lowest BCUT2D eigenvalue weighted by Gasteiger charge is -2.07. The summed E-state index contributed by atoms with van der Waals surface area (Å²) in [5, 5.41) is 18.9. The Morgan fingerprint density at radius 3 is 2.12 bits per heavy atom. The number of carbonyl (C=O) groups excluding carboxylic acids is 2. The van der Waals surface area contributed by atoms with Crippen LogP contribution in [0.4, 0.5) is 0 Å². The Bertz CT molecular complexity index is 930. The van der Waals surface area contributed by atoms with Gasteiger partial charge in [0.1, 0.15) is 17.1 Å². The highest BCUT2D eigenvalue weighted by Crippen LogP contribution is 2.23. The summed E-state index contributed by atoms with van der Waals surface area (Å²) in [6, 6.07) is 20.3. The number of carbonyl (C=O) groups is 2. The summed E-state index contributed by atoms with van der Waals surface area (Å²) >= 11 is 0. The third kappa shape index (κ3) is 3.89. The van der Waals surface area contributed by atoms with Crippen LogP contribution in [0.2, 0.25) is 0 Å². The van der Waals surface area contributed by atoms with E-state index >= 15 is 0 Å². The quantitative estimate of drug-likeness (QED) is 0.541. The van der Waals surface area contributed by atoms with E-state index in [2.05, 4.69) is 0 Å². The fraction of sp³-hybridized carbons (Fsp3) is 0.0476. The summed E-state index contributed by atoms with van der Waals surface area (Å²) in [6.07, 6.45) is 0. The number of ether oxygens (including phenoxy) is 1. The summed E-state index contributed by atoms with van der Waals surface area (Å²) in [4.78, 5) is 24.1. The van der Waals surface area contributed by atoms with Crippen molar-refractivity contribution in [3.8, 4) is 22.6 Å². The summed E-state index contributed by atoms with van der Waals surface area (Å²) in [5.41, 5.74) is 2.33. The average Bonchev–Trinajstić information content (AvgIpc) is 2.66. The number of ketones is 1. The smallest absolute Gasteiger partial charge is 0.342 e. The molecule has 0 bridgehead atoms. The molecular weight excluding hydrogens is 332 g/mol. The molecule has 3 aromatic rings. The largest absolute Gasteiger partial charge is 0.508 e. The van der Waals surface area contributed by atoms with Crippen molar-refractivity contribution in [3.05, 3.63) is 83.9 Å². The van der Waals surface area contributed by atoms with Crippen LogP contribution in [0.15, 0.2) is 72.8 Å². The molecule has 0 fully saturated rings. The van der Waals surface area contributed by atoms with Gasteiger partial charge < -0.3 is 14.9 Å². The molecule has 0 radical (unpaired) electrons. The van der Waals surface area contributed by atoms with Gasteiger partial charge in [-0.2, -0.15) is 0 Å². The average molecular weight is 348 g/mol. The number of rotatable bonds is 5. The Morgan fingerprint density at radius 1 is 0.808 bits per heavy atom. The Kier molecular flexibility index (Phi) is 4.99. The molecule has 0 amide bonds. The number of benzene rings is 3. The SMILES string of the molecule is O=C(COC(=O)c1ccc(O)cc1O)c1ccc(-c2ccccc2)cc1. The summed E-state index contributed by atoms with van der Waals surface area (Å²) in [7, 11) is 0. The van der Waals surface area contributed by atoms with Crippen LogP contribution < -0.4 is 0 Å². The molecule has 5 heteroatoms. The molecule has 0 unspecified atom stereocenters. The minimum atomic E-state index is -0.836. The van der Waals surface area contributed by atoms with Crippen LogP contribution in [0.1, 0.15) is 20.7 Å². The molecule has 26 heavy (non-hydrogen) atoms. The predicted molar refractivity (Wildman–Crippen MR) is 96.3 cm³/mol. The van der Waals surface area contributed by atoms with Crippen LogP contribution >= 0.6 is 0 Å². The lowest BCUT2D eigenvalue weighted by molar-refractivity contribution is 0.0472. The van der Waals surface area contributed by atoms with E-state index < -0.39 is 18.3 Å². The Labute approximate surface area is 150 Å². The van der Waals surface area contributed by atoms with Gasteiger partial charge in [0.05, 0.1) is 0 Å². The van der Waals surface area contributed by atoms with E-state index in [1.165, 1.54) is 12.1 Å². The van der Waals surface area contributed by atoms with E-state index in [-0.39, 0.29) is 17.1 Å². The number of hydrogen-bond acceptors (Lipinski definition) is 5. The molecule has 3 rings (SSSR count). The van der Waals surface area contributed by atoms with Crippen LogP contribution in [0.3, 0.4) is 0 Å². The van der Waals surface area contributed by atoms with Crippen molar-refractivity contribution < 1.29 is 24.5 Å². The number of hydrogen-bond donors (Lipinski definition) is 2. The van der Waals surface area contributed by atoms with Crippen molar-refractivity contribution in [1.29, 1.82) is 0 Å². The number of aromatic hydroxyl groups is 2. The van der Waals surface area contributed by atoms with Crippen LogP contribution in [0, 0.1) is 0 Å².